The van der Waals surface area contributed by atoms with Crippen molar-refractivity contribution >= 4 is 17.8 Å². The summed E-state index contributed by atoms with van der Waals surface area (Å²) in [6, 6.07) is 6.44. The molecule has 1 aliphatic rings. The number of hydrogen-bond acceptors (Lipinski definition) is 5. The highest BCUT2D eigenvalue weighted by molar-refractivity contribution is 6.05. The highest BCUT2D eigenvalue weighted by atomic mass is 16.6. The molecule has 0 spiro atoms. The van der Waals surface area contributed by atoms with Crippen LogP contribution in [0.2, 0.25) is 0 Å². The monoisotopic (exact) mass is 331 g/mol. The number of aryl methyl sites for hydroxylation is 1. The van der Waals surface area contributed by atoms with E-state index in [0.717, 1.165) is 5.56 Å². The summed E-state index contributed by atoms with van der Waals surface area (Å²) in [4.78, 5) is 36.8. The summed E-state index contributed by atoms with van der Waals surface area (Å²) < 4.78 is 10.0. The Hall–Kier alpha value is -2.63. The molecule has 6 nitrogen and oxygen atoms in total. The lowest BCUT2D eigenvalue weighted by Gasteiger charge is -2.32. The number of benzene rings is 1. The minimum absolute atomic E-state index is 0.0316. The van der Waals surface area contributed by atoms with Gasteiger partial charge in [0, 0.05) is 6.42 Å². The Morgan fingerprint density at radius 1 is 1.50 bits per heavy atom. The molecule has 0 saturated carbocycles. The molecule has 0 radical (unpaired) electrons. The van der Waals surface area contributed by atoms with E-state index in [-0.39, 0.29) is 25.4 Å². The van der Waals surface area contributed by atoms with Crippen molar-refractivity contribution in [1.29, 1.82) is 0 Å². The molecule has 1 aromatic rings. The van der Waals surface area contributed by atoms with Crippen LogP contribution >= 0.6 is 0 Å². The first-order valence-corrected chi connectivity index (χ1v) is 7.71. The number of amides is 1. The Kier molecular flexibility index (Phi) is 5.39. The van der Waals surface area contributed by atoms with Crippen LogP contribution in [-0.4, -0.2) is 31.1 Å². The molecule has 2 rings (SSSR count). The second kappa shape index (κ2) is 7.29. The van der Waals surface area contributed by atoms with Crippen LogP contribution in [0.4, 0.5) is 4.79 Å². The third-order valence-corrected chi connectivity index (χ3v) is 4.18. The maximum Gasteiger partial charge on any atom is 0.407 e. The predicted molar refractivity (Wildman–Crippen MR) is 87.3 cm³/mol. The van der Waals surface area contributed by atoms with Crippen LogP contribution in [0.25, 0.3) is 0 Å². The van der Waals surface area contributed by atoms with Gasteiger partial charge in [-0.3, -0.25) is 9.59 Å². The molecule has 128 valence electrons. The zero-order valence-electron chi connectivity index (χ0n) is 13.8. The first kappa shape index (κ1) is 17.7. The number of hydrogen-bond donors (Lipinski definition) is 1. The van der Waals surface area contributed by atoms with Gasteiger partial charge in [0.1, 0.15) is 12.4 Å². The van der Waals surface area contributed by atoms with E-state index >= 15 is 0 Å². The van der Waals surface area contributed by atoms with E-state index in [4.69, 9.17) is 9.47 Å². The van der Waals surface area contributed by atoms with Crippen molar-refractivity contribution in [2.45, 2.75) is 26.3 Å². The topological polar surface area (TPSA) is 81.7 Å². The Morgan fingerprint density at radius 3 is 2.79 bits per heavy atom. The fraction of sp³-hybridized carbons (Fsp3) is 0.389. The molecule has 0 bridgehead atoms. The molecule has 1 heterocycles. The van der Waals surface area contributed by atoms with Gasteiger partial charge in [0.15, 0.2) is 5.41 Å². The van der Waals surface area contributed by atoms with E-state index < -0.39 is 23.5 Å². The predicted octanol–water partition coefficient (Wildman–Crippen LogP) is 2.47. The first-order valence-electron chi connectivity index (χ1n) is 7.71. The molecule has 1 saturated heterocycles. The number of nitrogens with one attached hydrogen (secondary N) is 1. The van der Waals surface area contributed by atoms with Crippen molar-refractivity contribution in [3.63, 3.8) is 0 Å². The molecule has 0 aliphatic carbocycles. The van der Waals surface area contributed by atoms with Crippen LogP contribution in [0, 0.1) is 12.3 Å². The number of cyclic esters (lactones) is 1. The van der Waals surface area contributed by atoms with Crippen molar-refractivity contribution in [2.75, 3.05) is 13.2 Å². The number of esters is 1. The Morgan fingerprint density at radius 2 is 2.25 bits per heavy atom. The molecule has 6 heteroatoms. The minimum Gasteiger partial charge on any atom is -0.465 e. The fourth-order valence-electron chi connectivity index (χ4n) is 2.96. The molecule has 1 aliphatic heterocycles. The van der Waals surface area contributed by atoms with Crippen molar-refractivity contribution in [3.8, 4) is 0 Å². The molecule has 1 aromatic carbocycles. The van der Waals surface area contributed by atoms with Crippen molar-refractivity contribution in [3.05, 3.63) is 48.0 Å². The third-order valence-electron chi connectivity index (χ3n) is 4.18. The van der Waals surface area contributed by atoms with E-state index in [1.165, 1.54) is 13.0 Å². The zero-order valence-corrected chi connectivity index (χ0v) is 13.8. The maximum atomic E-state index is 12.4. The number of carbonyl (C=O) groups excluding carboxylic acids is 3. The third kappa shape index (κ3) is 3.32. The fourth-order valence-corrected chi connectivity index (χ4v) is 2.96. The van der Waals surface area contributed by atoms with Gasteiger partial charge < -0.3 is 14.8 Å². The second-order valence-electron chi connectivity index (χ2n) is 5.79. The van der Waals surface area contributed by atoms with E-state index in [2.05, 4.69) is 11.9 Å². The van der Waals surface area contributed by atoms with Gasteiger partial charge in [-0.15, -0.1) is 0 Å². The summed E-state index contributed by atoms with van der Waals surface area (Å²) >= 11 is 0. The first-order chi connectivity index (χ1) is 11.4. The zero-order chi connectivity index (χ0) is 17.7. The smallest absolute Gasteiger partial charge is 0.407 e. The van der Waals surface area contributed by atoms with Gasteiger partial charge in [0.05, 0.1) is 12.6 Å². The number of ether oxygens (including phenoxy) is 2. The maximum absolute atomic E-state index is 12.4. The van der Waals surface area contributed by atoms with Crippen molar-refractivity contribution < 1.29 is 23.9 Å². The molecule has 0 unspecified atom stereocenters. The lowest BCUT2D eigenvalue weighted by Crippen LogP contribution is -2.48. The number of carbonyl (C=O) groups is 3. The molecular weight excluding hydrogens is 310 g/mol. The molecule has 1 N–H and O–H groups in total. The van der Waals surface area contributed by atoms with Gasteiger partial charge in [-0.2, -0.15) is 0 Å². The molecule has 24 heavy (non-hydrogen) atoms. The molecular formula is C18H21NO5. The molecule has 1 amide bonds. The molecule has 2 atom stereocenters. The Labute approximate surface area is 140 Å². The largest absolute Gasteiger partial charge is 0.465 e. The normalized spacial score (nSPS) is 20.8. The van der Waals surface area contributed by atoms with Crippen LogP contribution in [0.1, 0.15) is 30.5 Å². The highest BCUT2D eigenvalue weighted by Crippen LogP contribution is 2.43. The summed E-state index contributed by atoms with van der Waals surface area (Å²) in [5, 5.41) is 2.66. The standard InChI is InChI=1S/C18H21NO5/c1-4-9-24-17(22)19-15(14-7-5-6-12(2)11-14)18(13(3)20)8-10-23-16(18)21/h4-7,11,15H,1,8-10H2,2-3H3,(H,19,22)/t15-,18+/m0/s1. The Balaban J connectivity index is 2.45. The van der Waals surface area contributed by atoms with Crippen LogP contribution in [0.5, 0.6) is 0 Å². The average molecular weight is 331 g/mol. The van der Waals surface area contributed by atoms with Crippen LogP contribution in [0.15, 0.2) is 36.9 Å². The number of alkyl carbamates (subject to hydrolysis) is 1. The summed E-state index contributed by atoms with van der Waals surface area (Å²) in [6.07, 6.45) is 0.926. The van der Waals surface area contributed by atoms with Gasteiger partial charge in [-0.25, -0.2) is 4.79 Å². The van der Waals surface area contributed by atoms with Gasteiger partial charge in [0.2, 0.25) is 0 Å². The minimum atomic E-state index is -1.44. The molecule has 1 fully saturated rings. The number of rotatable bonds is 6. The van der Waals surface area contributed by atoms with E-state index in [0.29, 0.717) is 5.56 Å². The van der Waals surface area contributed by atoms with E-state index in [9.17, 15) is 14.4 Å². The highest BCUT2D eigenvalue weighted by Gasteiger charge is 2.56. The van der Waals surface area contributed by atoms with Gasteiger partial charge in [-0.05, 0) is 19.4 Å². The van der Waals surface area contributed by atoms with E-state index in [1.807, 2.05) is 25.1 Å². The number of ketones is 1. The Bertz CT molecular complexity index is 669. The summed E-state index contributed by atoms with van der Waals surface area (Å²) in [5.41, 5.74) is 0.157. The lowest BCUT2D eigenvalue weighted by molar-refractivity contribution is -0.152. The van der Waals surface area contributed by atoms with Gasteiger partial charge in [0.25, 0.3) is 0 Å². The quantitative estimate of drug-likeness (QED) is 0.492. The van der Waals surface area contributed by atoms with Gasteiger partial charge in [-0.1, -0.05) is 42.5 Å². The van der Waals surface area contributed by atoms with Crippen LogP contribution in [0.3, 0.4) is 0 Å². The average Bonchev–Trinajstić information content (AvgIpc) is 2.93. The SMILES string of the molecule is C=CCOC(=O)N[C@@H](c1cccc(C)c1)[C@]1(C(C)=O)CCOC1=O. The summed E-state index contributed by atoms with van der Waals surface area (Å²) in [7, 11) is 0. The number of Topliss-reactive ketones (excluding diaryl/α,β-unsaturated/α-hetero) is 1. The van der Waals surface area contributed by atoms with Crippen LogP contribution < -0.4 is 5.32 Å². The molecule has 0 aromatic heterocycles. The van der Waals surface area contributed by atoms with Crippen molar-refractivity contribution in [1.82, 2.24) is 5.32 Å². The second-order valence-corrected chi connectivity index (χ2v) is 5.79. The summed E-state index contributed by atoms with van der Waals surface area (Å²) in [6.45, 7) is 6.89. The summed E-state index contributed by atoms with van der Waals surface area (Å²) in [5.74, 6) is -0.967. The van der Waals surface area contributed by atoms with Crippen LogP contribution in [-0.2, 0) is 19.1 Å². The van der Waals surface area contributed by atoms with Gasteiger partial charge >= 0.3 is 12.1 Å². The lowest BCUT2D eigenvalue weighted by atomic mass is 9.72. The van der Waals surface area contributed by atoms with E-state index in [1.54, 1.807) is 6.07 Å². The van der Waals surface area contributed by atoms with Crippen molar-refractivity contribution in [2.24, 2.45) is 5.41 Å².